The largest absolute Gasteiger partial charge is 0.343 e. The van der Waals surface area contributed by atoms with Gasteiger partial charge in [-0.3, -0.25) is 4.79 Å². The molecule has 1 heterocycles. The average molecular weight is 191 g/mol. The molecule has 0 radical (unpaired) electrons. The summed E-state index contributed by atoms with van der Waals surface area (Å²) in [6.45, 7) is 4.19. The van der Waals surface area contributed by atoms with Crippen LogP contribution in [0, 0.1) is 5.92 Å². The number of halogens is 1. The van der Waals surface area contributed by atoms with Gasteiger partial charge >= 0.3 is 0 Å². The number of likely N-dealkylation sites (tertiary alicyclic amines) is 1. The van der Waals surface area contributed by atoms with Crippen LogP contribution in [-0.4, -0.2) is 30.4 Å². The minimum absolute atomic E-state index is 0.175. The number of amides is 1. The lowest BCUT2D eigenvalue weighted by Crippen LogP contribution is -2.40. The lowest BCUT2D eigenvalue weighted by Gasteiger charge is -2.31. The number of piperidine rings is 1. The van der Waals surface area contributed by atoms with Gasteiger partial charge in [-0.15, -0.1) is 0 Å². The molecule has 0 aliphatic carbocycles. The predicted molar refractivity (Wildman–Crippen MR) is 48.8 cm³/mol. The fourth-order valence-corrected chi connectivity index (χ4v) is 1.85. The summed E-state index contributed by atoms with van der Waals surface area (Å²) in [6, 6.07) is 0. The van der Waals surface area contributed by atoms with E-state index in [-0.39, 0.29) is 5.91 Å². The molecule has 1 atom stereocenters. The molecule has 3 nitrogen and oxygen atoms in total. The molecule has 1 rings (SSSR count). The van der Waals surface area contributed by atoms with Crippen molar-refractivity contribution in [1.82, 2.24) is 9.74 Å². The van der Waals surface area contributed by atoms with Crippen molar-refractivity contribution in [2.75, 3.05) is 19.6 Å². The third-order valence-corrected chi connectivity index (χ3v) is 2.48. The van der Waals surface area contributed by atoms with E-state index in [4.69, 9.17) is 11.8 Å². The Labute approximate surface area is 78.2 Å². The van der Waals surface area contributed by atoms with Crippen molar-refractivity contribution >= 4 is 17.7 Å². The minimum atomic E-state index is 0.175. The van der Waals surface area contributed by atoms with Crippen LogP contribution in [0.25, 0.3) is 0 Å². The second-order valence-electron chi connectivity index (χ2n) is 3.31. The van der Waals surface area contributed by atoms with Gasteiger partial charge in [0.15, 0.2) is 0 Å². The zero-order valence-corrected chi connectivity index (χ0v) is 8.10. The molecule has 0 aromatic carbocycles. The lowest BCUT2D eigenvalue weighted by molar-refractivity contribution is -0.130. The Bertz CT molecular complexity index is 161. The summed E-state index contributed by atoms with van der Waals surface area (Å²) in [5, 5.41) is 0. The van der Waals surface area contributed by atoms with Crippen molar-refractivity contribution in [3.63, 3.8) is 0 Å². The van der Waals surface area contributed by atoms with E-state index in [1.54, 1.807) is 6.92 Å². The summed E-state index contributed by atoms with van der Waals surface area (Å²) in [4.78, 5) is 15.5. The fraction of sp³-hybridized carbons (Fsp3) is 0.875. The van der Waals surface area contributed by atoms with Crippen molar-refractivity contribution in [3.8, 4) is 0 Å². The van der Waals surface area contributed by atoms with Gasteiger partial charge in [-0.2, -0.15) is 0 Å². The number of hydrogen-bond donors (Lipinski definition) is 1. The molecule has 1 fully saturated rings. The standard InChI is InChI=1S/C8H15ClN2O/c1-7(12)11-4-2-3-8(6-11)5-10-9/h8,10H,2-6H2,1H3. The number of nitrogens with one attached hydrogen (secondary N) is 1. The highest BCUT2D eigenvalue weighted by Gasteiger charge is 2.20. The molecule has 1 amide bonds. The molecule has 0 bridgehead atoms. The second kappa shape index (κ2) is 4.67. The van der Waals surface area contributed by atoms with E-state index in [2.05, 4.69) is 4.84 Å². The van der Waals surface area contributed by atoms with Crippen LogP contribution in [0.2, 0.25) is 0 Å². The zero-order valence-electron chi connectivity index (χ0n) is 7.35. The molecule has 0 aromatic rings. The Morgan fingerprint density at radius 3 is 3.08 bits per heavy atom. The van der Waals surface area contributed by atoms with E-state index < -0.39 is 0 Å². The first-order chi connectivity index (χ1) is 5.74. The molecule has 0 aromatic heterocycles. The van der Waals surface area contributed by atoms with Crippen molar-refractivity contribution in [3.05, 3.63) is 0 Å². The van der Waals surface area contributed by atoms with Crippen molar-refractivity contribution in [2.45, 2.75) is 19.8 Å². The van der Waals surface area contributed by atoms with E-state index in [0.717, 1.165) is 26.1 Å². The number of carbonyl (C=O) groups excluding carboxylic acids is 1. The van der Waals surface area contributed by atoms with Gasteiger partial charge in [0.1, 0.15) is 0 Å². The highest BCUT2D eigenvalue weighted by Crippen LogP contribution is 2.15. The molecular formula is C8H15ClN2O. The molecule has 1 unspecified atom stereocenters. The summed E-state index contributed by atoms with van der Waals surface area (Å²) >= 11 is 5.41. The van der Waals surface area contributed by atoms with Crippen LogP contribution in [0.15, 0.2) is 0 Å². The van der Waals surface area contributed by atoms with Crippen molar-refractivity contribution < 1.29 is 4.79 Å². The van der Waals surface area contributed by atoms with Crippen LogP contribution in [0.3, 0.4) is 0 Å². The van der Waals surface area contributed by atoms with Crippen LogP contribution in [-0.2, 0) is 4.79 Å². The smallest absolute Gasteiger partial charge is 0.219 e. The summed E-state index contributed by atoms with van der Waals surface area (Å²) in [5.74, 6) is 0.703. The molecule has 70 valence electrons. The predicted octanol–water partition coefficient (Wildman–Crippen LogP) is 0.988. The normalized spacial score (nSPS) is 24.2. The van der Waals surface area contributed by atoms with Gasteiger partial charge in [-0.25, -0.2) is 4.84 Å². The monoisotopic (exact) mass is 190 g/mol. The van der Waals surface area contributed by atoms with Gasteiger partial charge in [0.25, 0.3) is 0 Å². The van der Waals surface area contributed by atoms with Crippen LogP contribution in [0.5, 0.6) is 0 Å². The molecule has 0 saturated carbocycles. The zero-order chi connectivity index (χ0) is 8.97. The quantitative estimate of drug-likeness (QED) is 0.659. The molecule has 1 aliphatic heterocycles. The number of carbonyl (C=O) groups is 1. The number of rotatable bonds is 2. The third kappa shape index (κ3) is 2.64. The van der Waals surface area contributed by atoms with E-state index in [1.165, 1.54) is 6.42 Å². The van der Waals surface area contributed by atoms with Gasteiger partial charge in [0, 0.05) is 26.6 Å². The van der Waals surface area contributed by atoms with Crippen LogP contribution in [0.1, 0.15) is 19.8 Å². The Balaban J connectivity index is 2.35. The van der Waals surface area contributed by atoms with Gasteiger partial charge in [-0.05, 0) is 30.5 Å². The summed E-state index contributed by atoms with van der Waals surface area (Å²) in [5.41, 5.74) is 0. The highest BCUT2D eigenvalue weighted by atomic mass is 35.5. The first kappa shape index (κ1) is 9.81. The van der Waals surface area contributed by atoms with E-state index in [9.17, 15) is 4.79 Å². The molecular weight excluding hydrogens is 176 g/mol. The van der Waals surface area contributed by atoms with Crippen LogP contribution >= 0.6 is 11.8 Å². The van der Waals surface area contributed by atoms with E-state index in [0.29, 0.717) is 5.92 Å². The SMILES string of the molecule is CC(=O)N1CCCC(CNCl)C1. The summed E-state index contributed by atoms with van der Waals surface area (Å²) in [7, 11) is 0. The Morgan fingerprint density at radius 1 is 1.75 bits per heavy atom. The first-order valence-corrected chi connectivity index (χ1v) is 4.71. The Morgan fingerprint density at radius 2 is 2.50 bits per heavy atom. The van der Waals surface area contributed by atoms with Crippen molar-refractivity contribution in [2.24, 2.45) is 5.92 Å². The van der Waals surface area contributed by atoms with Gasteiger partial charge in [0.05, 0.1) is 0 Å². The average Bonchev–Trinajstić information content (AvgIpc) is 2.05. The molecule has 4 heteroatoms. The van der Waals surface area contributed by atoms with Gasteiger partial charge in [0.2, 0.25) is 5.91 Å². The molecule has 1 N–H and O–H groups in total. The summed E-state index contributed by atoms with van der Waals surface area (Å²) < 4.78 is 0. The number of hydrogen-bond acceptors (Lipinski definition) is 2. The highest BCUT2D eigenvalue weighted by molar-refractivity contribution is 6.13. The third-order valence-electron chi connectivity index (χ3n) is 2.33. The maximum atomic E-state index is 11.0. The Kier molecular flexibility index (Phi) is 3.82. The fourth-order valence-electron chi connectivity index (χ4n) is 1.63. The van der Waals surface area contributed by atoms with Crippen molar-refractivity contribution in [1.29, 1.82) is 0 Å². The molecule has 1 saturated heterocycles. The van der Waals surface area contributed by atoms with Gasteiger partial charge in [-0.1, -0.05) is 0 Å². The van der Waals surface area contributed by atoms with E-state index >= 15 is 0 Å². The molecule has 1 aliphatic rings. The first-order valence-electron chi connectivity index (χ1n) is 4.33. The lowest BCUT2D eigenvalue weighted by atomic mass is 9.98. The van der Waals surface area contributed by atoms with Crippen LogP contribution < -0.4 is 4.84 Å². The van der Waals surface area contributed by atoms with E-state index in [1.807, 2.05) is 4.90 Å². The molecule has 0 spiro atoms. The van der Waals surface area contributed by atoms with Gasteiger partial charge < -0.3 is 4.90 Å². The minimum Gasteiger partial charge on any atom is -0.343 e. The topological polar surface area (TPSA) is 32.3 Å². The maximum Gasteiger partial charge on any atom is 0.219 e. The Hall–Kier alpha value is -0.280. The second-order valence-corrected chi connectivity index (χ2v) is 3.58. The molecule has 12 heavy (non-hydrogen) atoms. The summed E-state index contributed by atoms with van der Waals surface area (Å²) in [6.07, 6.45) is 2.27. The maximum absolute atomic E-state index is 11.0. The van der Waals surface area contributed by atoms with Crippen LogP contribution in [0.4, 0.5) is 0 Å². The number of nitrogens with zero attached hydrogens (tertiary/aromatic N) is 1.